The number of halogens is 7. The lowest BCUT2D eigenvalue weighted by atomic mass is 9.96. The normalized spacial score (nSPS) is 19.2. The van der Waals surface area contributed by atoms with Crippen LogP contribution in [0.3, 0.4) is 0 Å². The van der Waals surface area contributed by atoms with Gasteiger partial charge in [0, 0.05) is 5.56 Å². The molecule has 0 bridgehead atoms. The summed E-state index contributed by atoms with van der Waals surface area (Å²) in [5.41, 5.74) is 0.136. The molecule has 0 aliphatic heterocycles. The van der Waals surface area contributed by atoms with Crippen LogP contribution in [0.4, 0.5) is 26.3 Å². The Morgan fingerprint density at radius 2 is 1.76 bits per heavy atom. The van der Waals surface area contributed by atoms with E-state index in [0.717, 1.165) is 24.3 Å². The Morgan fingerprint density at radius 3 is 2.30 bits per heavy atom. The topological polar surface area (TPSA) is 35.5 Å². The van der Waals surface area contributed by atoms with E-state index >= 15 is 0 Å². The van der Waals surface area contributed by atoms with Crippen LogP contribution >= 0.6 is 11.6 Å². The Kier molecular flexibility index (Phi) is 7.21. The van der Waals surface area contributed by atoms with Gasteiger partial charge in [0.05, 0.1) is 23.1 Å². The van der Waals surface area contributed by atoms with Crippen molar-refractivity contribution in [2.75, 3.05) is 13.2 Å². The van der Waals surface area contributed by atoms with Crippen LogP contribution in [0.1, 0.15) is 37.3 Å². The lowest BCUT2D eigenvalue weighted by Crippen LogP contribution is -2.19. The molecule has 0 saturated heterocycles. The van der Waals surface area contributed by atoms with Gasteiger partial charge in [0.25, 0.3) is 0 Å². The Balaban J connectivity index is 1.97. The van der Waals surface area contributed by atoms with E-state index in [4.69, 9.17) is 21.1 Å². The minimum absolute atomic E-state index is 0.0393. The highest BCUT2D eigenvalue weighted by Gasteiger charge is 2.45. The fourth-order valence-corrected chi connectivity index (χ4v) is 4.06. The summed E-state index contributed by atoms with van der Waals surface area (Å²) in [5.74, 6) is -1.13. The number of hydrogen-bond donors (Lipinski definition) is 0. The highest BCUT2D eigenvalue weighted by molar-refractivity contribution is 6.32. The van der Waals surface area contributed by atoms with Crippen molar-refractivity contribution in [2.24, 2.45) is 11.8 Å². The first-order valence-corrected chi connectivity index (χ1v) is 10.6. The number of carbonyl (C=O) groups is 1. The first-order valence-electron chi connectivity index (χ1n) is 10.2. The van der Waals surface area contributed by atoms with Gasteiger partial charge in [-0.25, -0.2) is 0 Å². The van der Waals surface area contributed by atoms with Crippen molar-refractivity contribution < 1.29 is 40.6 Å². The van der Waals surface area contributed by atoms with Crippen LogP contribution < -0.4 is 4.74 Å². The zero-order valence-electron chi connectivity index (χ0n) is 17.7. The highest BCUT2D eigenvalue weighted by Crippen LogP contribution is 2.54. The molecule has 0 heterocycles. The maximum absolute atomic E-state index is 12.9. The molecule has 0 amide bonds. The van der Waals surface area contributed by atoms with Crippen molar-refractivity contribution in [1.82, 2.24) is 0 Å². The average Bonchev–Trinajstić information content (AvgIpc) is 3.51. The molecule has 0 radical (unpaired) electrons. The molecule has 2 aromatic rings. The quantitative estimate of drug-likeness (QED) is 0.300. The smallest absolute Gasteiger partial charge is 0.422 e. The van der Waals surface area contributed by atoms with Gasteiger partial charge >= 0.3 is 18.3 Å². The largest absolute Gasteiger partial charge is 0.482 e. The number of alkyl halides is 6. The maximum atomic E-state index is 12.9. The van der Waals surface area contributed by atoms with Gasteiger partial charge in [0.15, 0.2) is 6.61 Å². The van der Waals surface area contributed by atoms with E-state index in [1.54, 1.807) is 19.9 Å². The summed E-state index contributed by atoms with van der Waals surface area (Å²) in [6.07, 6.45) is -8.54. The van der Waals surface area contributed by atoms with Crippen molar-refractivity contribution in [3.05, 3.63) is 52.5 Å². The molecule has 33 heavy (non-hydrogen) atoms. The van der Waals surface area contributed by atoms with Crippen molar-refractivity contribution in [1.29, 1.82) is 0 Å². The molecule has 3 unspecified atom stereocenters. The molecule has 1 aliphatic rings. The van der Waals surface area contributed by atoms with Crippen LogP contribution in [-0.4, -0.2) is 25.4 Å². The van der Waals surface area contributed by atoms with E-state index in [2.05, 4.69) is 0 Å². The number of carbonyl (C=O) groups excluding carboxylic acids is 1. The second kappa shape index (κ2) is 9.44. The molecular formula is C23H21ClF6O3. The third kappa shape index (κ3) is 6.13. The molecule has 2 aromatic carbocycles. The molecule has 1 fully saturated rings. The van der Waals surface area contributed by atoms with Crippen molar-refractivity contribution in [3.8, 4) is 16.9 Å². The van der Waals surface area contributed by atoms with Gasteiger partial charge in [-0.2, -0.15) is 26.3 Å². The minimum Gasteiger partial charge on any atom is -0.482 e. The SMILES string of the molecule is CCOC(=O)C(C)C1CC1c1cc(Cl)c(OCC(F)(F)F)c(-c2ccc(C(F)(F)F)cc2)c1. The predicted octanol–water partition coefficient (Wildman–Crippen LogP) is 7.27. The summed E-state index contributed by atoms with van der Waals surface area (Å²) in [6, 6.07) is 7.03. The van der Waals surface area contributed by atoms with Crippen LogP contribution in [0, 0.1) is 11.8 Å². The van der Waals surface area contributed by atoms with E-state index in [9.17, 15) is 31.1 Å². The predicted molar refractivity (Wildman–Crippen MR) is 110 cm³/mol. The zero-order valence-corrected chi connectivity index (χ0v) is 18.4. The zero-order chi connectivity index (χ0) is 24.6. The van der Waals surface area contributed by atoms with Crippen LogP contribution in [0.25, 0.3) is 11.1 Å². The first kappa shape index (κ1) is 25.2. The minimum atomic E-state index is -4.63. The number of benzene rings is 2. The van der Waals surface area contributed by atoms with E-state index in [0.29, 0.717) is 12.0 Å². The van der Waals surface area contributed by atoms with E-state index < -0.39 is 24.5 Å². The maximum Gasteiger partial charge on any atom is 0.422 e. The number of hydrogen-bond acceptors (Lipinski definition) is 3. The lowest BCUT2D eigenvalue weighted by molar-refractivity contribution is -0.153. The Hall–Kier alpha value is -2.42. The molecule has 0 spiro atoms. The molecule has 10 heteroatoms. The van der Waals surface area contributed by atoms with E-state index in [1.807, 2.05) is 0 Å². The van der Waals surface area contributed by atoms with Crippen LogP contribution in [0.2, 0.25) is 5.02 Å². The second-order valence-corrected chi connectivity index (χ2v) is 8.31. The van der Waals surface area contributed by atoms with Crippen LogP contribution in [-0.2, 0) is 15.7 Å². The summed E-state index contributed by atoms with van der Waals surface area (Å²) in [6.45, 7) is 2.08. The standard InChI is InChI=1S/C23H21ClF6O3/c1-3-32-21(31)12(2)16-10-17(16)14-8-18(13-4-6-15(7-5-13)23(28,29)30)20(19(24)9-14)33-11-22(25,26)27/h4-9,12,16-17H,3,10-11H2,1-2H3. The third-order valence-electron chi connectivity index (χ3n) is 5.54. The van der Waals surface area contributed by atoms with Crippen molar-refractivity contribution in [3.63, 3.8) is 0 Å². The van der Waals surface area contributed by atoms with Crippen LogP contribution in [0.15, 0.2) is 36.4 Å². The number of rotatable bonds is 7. The Labute approximate surface area is 191 Å². The number of esters is 1. The summed E-state index contributed by atoms with van der Waals surface area (Å²) in [4.78, 5) is 12.0. The molecule has 0 N–H and O–H groups in total. The lowest BCUT2D eigenvalue weighted by Gasteiger charge is -2.17. The summed E-state index contributed by atoms with van der Waals surface area (Å²) in [7, 11) is 0. The fourth-order valence-electron chi connectivity index (χ4n) is 3.78. The van der Waals surface area contributed by atoms with Gasteiger partial charge in [-0.15, -0.1) is 0 Å². The fraction of sp³-hybridized carbons (Fsp3) is 0.435. The van der Waals surface area contributed by atoms with Gasteiger partial charge in [0.1, 0.15) is 5.75 Å². The van der Waals surface area contributed by atoms with Gasteiger partial charge in [-0.1, -0.05) is 30.7 Å². The molecule has 3 atom stereocenters. The van der Waals surface area contributed by atoms with Crippen molar-refractivity contribution in [2.45, 2.75) is 38.5 Å². The summed E-state index contributed by atoms with van der Waals surface area (Å²) in [5, 5.41) is -0.0962. The van der Waals surface area contributed by atoms with Gasteiger partial charge in [-0.3, -0.25) is 4.79 Å². The number of ether oxygens (including phenoxy) is 2. The monoisotopic (exact) mass is 494 g/mol. The highest BCUT2D eigenvalue weighted by atomic mass is 35.5. The van der Waals surface area contributed by atoms with Gasteiger partial charge < -0.3 is 9.47 Å². The molecule has 180 valence electrons. The summed E-state index contributed by atoms with van der Waals surface area (Å²) < 4.78 is 87.0. The molecule has 3 rings (SSSR count). The Bertz CT molecular complexity index is 1000. The second-order valence-electron chi connectivity index (χ2n) is 7.91. The molecule has 0 aromatic heterocycles. The van der Waals surface area contributed by atoms with Crippen LogP contribution in [0.5, 0.6) is 5.75 Å². The van der Waals surface area contributed by atoms with Gasteiger partial charge in [-0.05, 0) is 60.6 Å². The molecule has 3 nitrogen and oxygen atoms in total. The third-order valence-corrected chi connectivity index (χ3v) is 5.82. The van der Waals surface area contributed by atoms with Gasteiger partial charge in [0.2, 0.25) is 0 Å². The van der Waals surface area contributed by atoms with E-state index in [1.165, 1.54) is 6.07 Å². The first-order chi connectivity index (χ1) is 15.3. The Morgan fingerprint density at radius 1 is 1.12 bits per heavy atom. The molecular weight excluding hydrogens is 474 g/mol. The van der Waals surface area contributed by atoms with Crippen molar-refractivity contribution >= 4 is 17.6 Å². The molecule has 1 saturated carbocycles. The molecule has 1 aliphatic carbocycles. The summed E-state index contributed by atoms with van der Waals surface area (Å²) >= 11 is 6.26. The average molecular weight is 495 g/mol. The van der Waals surface area contributed by atoms with E-state index in [-0.39, 0.29) is 52.2 Å².